The Morgan fingerprint density at radius 3 is 2.50 bits per heavy atom. The van der Waals surface area contributed by atoms with Crippen molar-refractivity contribution in [3.63, 3.8) is 0 Å². The minimum absolute atomic E-state index is 0.135. The van der Waals surface area contributed by atoms with E-state index in [-0.39, 0.29) is 18.0 Å². The van der Waals surface area contributed by atoms with Gasteiger partial charge in [0.15, 0.2) is 0 Å². The van der Waals surface area contributed by atoms with Crippen LogP contribution in [-0.2, 0) is 6.54 Å². The van der Waals surface area contributed by atoms with Crippen LogP contribution in [0.1, 0.15) is 55.8 Å². The van der Waals surface area contributed by atoms with Gasteiger partial charge in [0.2, 0.25) is 0 Å². The molecule has 6 nitrogen and oxygen atoms in total. The number of pyridine rings is 1. The molecule has 1 unspecified atom stereocenters. The van der Waals surface area contributed by atoms with Crippen molar-refractivity contribution in [3.8, 4) is 11.1 Å². The van der Waals surface area contributed by atoms with E-state index in [1.807, 2.05) is 37.3 Å². The summed E-state index contributed by atoms with van der Waals surface area (Å²) < 4.78 is 1.49. The minimum atomic E-state index is -1.09. The topological polar surface area (TPSA) is 97.4 Å². The van der Waals surface area contributed by atoms with Crippen LogP contribution in [0.25, 0.3) is 11.1 Å². The Morgan fingerprint density at radius 2 is 1.93 bits per heavy atom. The molecule has 1 aliphatic rings. The van der Waals surface area contributed by atoms with Gasteiger partial charge in [-0.25, -0.2) is 0 Å². The van der Waals surface area contributed by atoms with Gasteiger partial charge in [-0.05, 0) is 24.8 Å². The summed E-state index contributed by atoms with van der Waals surface area (Å²) in [5.41, 5.74) is 6.25. The van der Waals surface area contributed by atoms with Crippen LogP contribution in [0.4, 0.5) is 0 Å². The number of nitrogens with two attached hydrogens (primary N) is 1. The highest BCUT2D eigenvalue weighted by molar-refractivity contribution is 6.00. The zero-order valence-electron chi connectivity index (χ0n) is 18.0. The predicted octanol–water partition coefficient (Wildman–Crippen LogP) is 2.93. The zero-order valence-corrected chi connectivity index (χ0v) is 18.0. The number of aromatic nitrogens is 1. The summed E-state index contributed by atoms with van der Waals surface area (Å²) in [6.45, 7) is 2.56. The van der Waals surface area contributed by atoms with Crippen molar-refractivity contribution >= 4 is 5.91 Å². The second-order valence-electron chi connectivity index (χ2n) is 8.49. The first-order chi connectivity index (χ1) is 14.4. The lowest BCUT2D eigenvalue weighted by Crippen LogP contribution is -2.54. The van der Waals surface area contributed by atoms with Gasteiger partial charge in [-0.2, -0.15) is 0 Å². The van der Waals surface area contributed by atoms with E-state index in [1.54, 1.807) is 13.2 Å². The monoisotopic (exact) mass is 411 g/mol. The van der Waals surface area contributed by atoms with E-state index in [1.165, 1.54) is 10.6 Å². The van der Waals surface area contributed by atoms with Crippen LogP contribution in [0.2, 0.25) is 0 Å². The van der Waals surface area contributed by atoms with Gasteiger partial charge in [0.25, 0.3) is 11.5 Å². The fourth-order valence-corrected chi connectivity index (χ4v) is 4.99. The number of carbonyl (C=O) groups is 1. The summed E-state index contributed by atoms with van der Waals surface area (Å²) in [7, 11) is 1.57. The molecule has 0 spiro atoms. The largest absolute Gasteiger partial charge is 0.387 e. The van der Waals surface area contributed by atoms with Gasteiger partial charge in [0.1, 0.15) is 0 Å². The molecular weight excluding hydrogens is 378 g/mol. The molecule has 0 bridgehead atoms. The quantitative estimate of drug-likeness (QED) is 0.622. The molecule has 1 aliphatic carbocycles. The Hall–Kier alpha value is -2.44. The summed E-state index contributed by atoms with van der Waals surface area (Å²) >= 11 is 0. The van der Waals surface area contributed by atoms with Crippen molar-refractivity contribution in [2.75, 3.05) is 13.6 Å². The normalized spacial score (nSPS) is 17.5. The van der Waals surface area contributed by atoms with Crippen molar-refractivity contribution in [2.24, 2.45) is 11.1 Å². The SMILES string of the molecule is CCCC(O)(Cn1cc(C(=O)NC)c(-c2ccccc2)cc1=O)C1(CN)CCCC1. The molecule has 1 fully saturated rings. The summed E-state index contributed by atoms with van der Waals surface area (Å²) in [6, 6.07) is 10.9. The Labute approximate surface area is 178 Å². The van der Waals surface area contributed by atoms with Crippen molar-refractivity contribution in [3.05, 3.63) is 58.5 Å². The van der Waals surface area contributed by atoms with E-state index >= 15 is 0 Å². The molecule has 1 amide bonds. The lowest BCUT2D eigenvalue weighted by atomic mass is 9.68. The number of nitrogens with zero attached hydrogens (tertiary/aromatic N) is 1. The second kappa shape index (κ2) is 9.14. The average molecular weight is 412 g/mol. The standard InChI is InChI=1S/C24H33N3O3/c1-3-11-24(30,23(16-25)12-7-8-13-23)17-27-15-20(22(29)26-2)19(14-21(27)28)18-9-5-4-6-10-18/h4-6,9-10,14-15,30H,3,7-8,11-13,16-17,25H2,1-2H3,(H,26,29). The third-order valence-corrected chi connectivity index (χ3v) is 6.72. The minimum Gasteiger partial charge on any atom is -0.387 e. The smallest absolute Gasteiger partial charge is 0.253 e. The third kappa shape index (κ3) is 4.07. The molecule has 0 radical (unpaired) electrons. The lowest BCUT2D eigenvalue weighted by Gasteiger charge is -2.45. The Bertz CT molecular complexity index is 932. The number of hydrogen-bond acceptors (Lipinski definition) is 4. The molecule has 2 aromatic rings. The van der Waals surface area contributed by atoms with Crippen LogP contribution in [0, 0.1) is 5.41 Å². The first-order valence-electron chi connectivity index (χ1n) is 10.8. The number of benzene rings is 1. The maximum Gasteiger partial charge on any atom is 0.253 e. The summed E-state index contributed by atoms with van der Waals surface area (Å²) in [5, 5.41) is 14.4. The molecule has 4 N–H and O–H groups in total. The van der Waals surface area contributed by atoms with Crippen LogP contribution < -0.4 is 16.6 Å². The molecule has 30 heavy (non-hydrogen) atoms. The predicted molar refractivity (Wildman–Crippen MR) is 119 cm³/mol. The first kappa shape index (κ1) is 22.2. The van der Waals surface area contributed by atoms with Gasteiger partial charge < -0.3 is 20.7 Å². The van der Waals surface area contributed by atoms with E-state index in [2.05, 4.69) is 5.32 Å². The van der Waals surface area contributed by atoms with Gasteiger partial charge in [-0.15, -0.1) is 0 Å². The van der Waals surface area contributed by atoms with Gasteiger partial charge in [-0.1, -0.05) is 56.5 Å². The molecule has 0 aliphatic heterocycles. The average Bonchev–Trinajstić information content (AvgIpc) is 3.26. The maximum absolute atomic E-state index is 13.1. The van der Waals surface area contributed by atoms with Crippen molar-refractivity contribution in [1.82, 2.24) is 9.88 Å². The Kier molecular flexibility index (Phi) is 6.78. The van der Waals surface area contributed by atoms with Gasteiger partial charge in [-0.3, -0.25) is 9.59 Å². The highest BCUT2D eigenvalue weighted by atomic mass is 16.3. The van der Waals surface area contributed by atoms with Crippen LogP contribution in [0.3, 0.4) is 0 Å². The molecular formula is C24H33N3O3. The molecule has 1 aromatic carbocycles. The molecule has 0 saturated heterocycles. The van der Waals surface area contributed by atoms with Crippen molar-refractivity contribution in [1.29, 1.82) is 0 Å². The van der Waals surface area contributed by atoms with Crippen molar-refractivity contribution < 1.29 is 9.90 Å². The van der Waals surface area contributed by atoms with E-state index in [0.717, 1.165) is 37.7 Å². The van der Waals surface area contributed by atoms with E-state index < -0.39 is 11.0 Å². The van der Waals surface area contributed by atoms with Crippen LogP contribution in [0.15, 0.2) is 47.4 Å². The number of aliphatic hydroxyl groups is 1. The summed E-state index contributed by atoms with van der Waals surface area (Å²) in [4.78, 5) is 25.7. The summed E-state index contributed by atoms with van der Waals surface area (Å²) in [5.74, 6) is -0.268. The molecule has 1 aromatic heterocycles. The van der Waals surface area contributed by atoms with Gasteiger partial charge >= 0.3 is 0 Å². The number of carbonyl (C=O) groups excluding carboxylic acids is 1. The van der Waals surface area contributed by atoms with E-state index in [0.29, 0.717) is 24.1 Å². The van der Waals surface area contributed by atoms with Crippen LogP contribution >= 0.6 is 0 Å². The molecule has 1 atom stereocenters. The van der Waals surface area contributed by atoms with E-state index in [9.17, 15) is 14.7 Å². The zero-order chi connectivity index (χ0) is 21.8. The molecule has 6 heteroatoms. The number of rotatable bonds is 8. The second-order valence-corrected chi connectivity index (χ2v) is 8.49. The molecule has 1 heterocycles. The summed E-state index contributed by atoms with van der Waals surface area (Å²) in [6.07, 6.45) is 6.73. The fourth-order valence-electron chi connectivity index (χ4n) is 4.99. The van der Waals surface area contributed by atoms with Gasteiger partial charge in [0, 0.05) is 36.8 Å². The van der Waals surface area contributed by atoms with Gasteiger partial charge in [0.05, 0.1) is 17.7 Å². The number of nitrogens with one attached hydrogen (secondary N) is 1. The Morgan fingerprint density at radius 1 is 1.27 bits per heavy atom. The number of hydrogen-bond donors (Lipinski definition) is 3. The first-order valence-corrected chi connectivity index (χ1v) is 10.8. The van der Waals surface area contributed by atoms with Crippen LogP contribution in [0.5, 0.6) is 0 Å². The maximum atomic E-state index is 13.1. The molecule has 1 saturated carbocycles. The van der Waals surface area contributed by atoms with Crippen molar-refractivity contribution in [2.45, 2.75) is 57.6 Å². The highest BCUT2D eigenvalue weighted by Crippen LogP contribution is 2.48. The number of amides is 1. The van der Waals surface area contributed by atoms with Crippen LogP contribution in [-0.4, -0.2) is 34.8 Å². The molecule has 3 rings (SSSR count). The lowest BCUT2D eigenvalue weighted by molar-refractivity contribution is -0.0977. The third-order valence-electron chi connectivity index (χ3n) is 6.72. The fraction of sp³-hybridized carbons (Fsp3) is 0.500. The Balaban J connectivity index is 2.09. The molecule has 162 valence electrons. The highest BCUT2D eigenvalue weighted by Gasteiger charge is 2.50. The van der Waals surface area contributed by atoms with E-state index in [4.69, 9.17) is 5.73 Å².